The number of benzene rings is 3. The number of carbonyl (C=O) groups excluding carboxylic acids is 1. The molecule has 11 heteroatoms. The lowest BCUT2D eigenvalue weighted by Gasteiger charge is -2.24. The van der Waals surface area contributed by atoms with Crippen LogP contribution in [-0.2, 0) is 39.4 Å². The van der Waals surface area contributed by atoms with Gasteiger partial charge in [0, 0.05) is 30.6 Å². The van der Waals surface area contributed by atoms with Crippen LogP contribution in [0, 0.1) is 5.41 Å². The zero-order valence-corrected chi connectivity index (χ0v) is 22.9. The number of esters is 1. The van der Waals surface area contributed by atoms with Crippen LogP contribution in [-0.4, -0.2) is 48.4 Å². The van der Waals surface area contributed by atoms with Crippen LogP contribution in [0.4, 0.5) is 5.69 Å². The first-order valence-corrected chi connectivity index (χ1v) is 13.9. The smallest absolute Gasteiger partial charge is 0.326 e. The minimum Gasteiger partial charge on any atom is -0.468 e. The van der Waals surface area contributed by atoms with Crippen LogP contribution in [0.1, 0.15) is 17.0 Å². The van der Waals surface area contributed by atoms with Gasteiger partial charge in [0.15, 0.2) is 0 Å². The number of nitrogens with two attached hydrogens (primary N) is 1. The maximum absolute atomic E-state index is 14.0. The van der Waals surface area contributed by atoms with Crippen molar-refractivity contribution in [3.05, 3.63) is 95.9 Å². The van der Waals surface area contributed by atoms with Gasteiger partial charge in [-0.2, -0.15) is 0 Å². The van der Waals surface area contributed by atoms with Gasteiger partial charge in [-0.15, -0.1) is 0 Å². The third kappa shape index (κ3) is 5.10. The molecule has 5 aromatic rings. The first-order valence-electron chi connectivity index (χ1n) is 12.5. The number of hydrogen-bond acceptors (Lipinski definition) is 7. The van der Waals surface area contributed by atoms with Gasteiger partial charge >= 0.3 is 5.97 Å². The molecule has 204 valence electrons. The Kier molecular flexibility index (Phi) is 7.22. The van der Waals surface area contributed by atoms with Crippen LogP contribution in [0.3, 0.4) is 0 Å². The number of ether oxygens (including phenoxy) is 1. The van der Waals surface area contributed by atoms with Gasteiger partial charge in [-0.25, -0.2) is 13.4 Å². The number of nitrogens with one attached hydrogen (secondary N) is 1. The SMILES string of the molecule is COC(=O)CN(c1ccc2c(c1)nc(CCc1ccc(C(=N)N)cc1)n2C)S(=O)(=O)c1cccc2cccnc12. The van der Waals surface area contributed by atoms with E-state index in [0.717, 1.165) is 27.6 Å². The summed E-state index contributed by atoms with van der Waals surface area (Å²) in [6.45, 7) is -0.510. The topological polar surface area (TPSA) is 144 Å². The summed E-state index contributed by atoms with van der Waals surface area (Å²) in [7, 11) is -1.07. The molecule has 0 bridgehead atoms. The Morgan fingerprint density at radius 2 is 1.80 bits per heavy atom. The van der Waals surface area contributed by atoms with Crippen molar-refractivity contribution in [2.45, 2.75) is 17.7 Å². The van der Waals surface area contributed by atoms with Gasteiger partial charge in [-0.3, -0.25) is 19.5 Å². The summed E-state index contributed by atoms with van der Waals surface area (Å²) in [5.74, 6) is 0.149. The quantitative estimate of drug-likeness (QED) is 0.160. The number of hydrogen-bond donors (Lipinski definition) is 2. The average Bonchev–Trinajstić information content (AvgIpc) is 3.28. The van der Waals surface area contributed by atoms with Crippen molar-refractivity contribution in [3.63, 3.8) is 0 Å². The van der Waals surface area contributed by atoms with E-state index in [1.54, 1.807) is 42.5 Å². The van der Waals surface area contributed by atoms with E-state index in [1.165, 1.54) is 19.4 Å². The van der Waals surface area contributed by atoms with E-state index in [2.05, 4.69) is 4.98 Å². The molecule has 0 aliphatic rings. The van der Waals surface area contributed by atoms with Crippen molar-refractivity contribution in [2.75, 3.05) is 18.0 Å². The maximum Gasteiger partial charge on any atom is 0.326 e. The summed E-state index contributed by atoms with van der Waals surface area (Å²) < 4.78 is 35.8. The summed E-state index contributed by atoms with van der Waals surface area (Å²) in [6.07, 6.45) is 2.90. The zero-order chi connectivity index (χ0) is 28.4. The number of methoxy groups -OCH3 is 1. The molecule has 40 heavy (non-hydrogen) atoms. The molecule has 0 saturated carbocycles. The molecule has 2 heterocycles. The van der Waals surface area contributed by atoms with Crippen molar-refractivity contribution in [1.82, 2.24) is 14.5 Å². The van der Waals surface area contributed by atoms with Crippen molar-refractivity contribution in [2.24, 2.45) is 12.8 Å². The number of rotatable bonds is 9. The Hall–Kier alpha value is -4.77. The first-order chi connectivity index (χ1) is 19.2. The molecule has 0 atom stereocenters. The number of imidazole rings is 1. The number of para-hydroxylation sites is 1. The van der Waals surface area contributed by atoms with Gasteiger partial charge in [-0.1, -0.05) is 42.5 Å². The van der Waals surface area contributed by atoms with Crippen LogP contribution in [0.25, 0.3) is 21.9 Å². The number of aryl methyl sites for hydroxylation is 3. The molecule has 0 aliphatic heterocycles. The fourth-order valence-corrected chi connectivity index (χ4v) is 6.19. The summed E-state index contributed by atoms with van der Waals surface area (Å²) in [5.41, 5.74) is 9.33. The summed E-state index contributed by atoms with van der Waals surface area (Å²) in [4.78, 5) is 21.4. The molecule has 0 saturated heterocycles. The lowest BCUT2D eigenvalue weighted by molar-refractivity contribution is -0.138. The van der Waals surface area contributed by atoms with Gasteiger partial charge in [0.05, 0.1) is 29.3 Å². The zero-order valence-electron chi connectivity index (χ0n) is 22.0. The number of nitrogens with zero attached hydrogens (tertiary/aromatic N) is 4. The molecule has 0 radical (unpaired) electrons. The molecule has 0 fully saturated rings. The number of amidine groups is 1. The van der Waals surface area contributed by atoms with Gasteiger partial charge in [-0.05, 0) is 42.3 Å². The molecule has 0 unspecified atom stereocenters. The van der Waals surface area contributed by atoms with Crippen molar-refractivity contribution < 1.29 is 17.9 Å². The van der Waals surface area contributed by atoms with Gasteiger partial charge < -0.3 is 15.0 Å². The fraction of sp³-hybridized carbons (Fsp3) is 0.172. The highest BCUT2D eigenvalue weighted by atomic mass is 32.2. The van der Waals surface area contributed by atoms with Crippen LogP contribution in [0.2, 0.25) is 0 Å². The molecule has 10 nitrogen and oxygen atoms in total. The number of carbonyl (C=O) groups is 1. The van der Waals surface area contributed by atoms with Crippen LogP contribution < -0.4 is 10.0 Å². The molecule has 3 N–H and O–H groups in total. The highest BCUT2D eigenvalue weighted by molar-refractivity contribution is 7.93. The Balaban J connectivity index is 1.50. The van der Waals surface area contributed by atoms with E-state index in [-0.39, 0.29) is 16.4 Å². The highest BCUT2D eigenvalue weighted by Crippen LogP contribution is 2.30. The predicted octanol–water partition coefficient (Wildman–Crippen LogP) is 3.56. The summed E-state index contributed by atoms with van der Waals surface area (Å²) >= 11 is 0. The largest absolute Gasteiger partial charge is 0.468 e. The van der Waals surface area contributed by atoms with Gasteiger partial charge in [0.2, 0.25) is 0 Å². The normalized spacial score (nSPS) is 11.6. The third-order valence-electron chi connectivity index (χ3n) is 6.81. The van der Waals surface area contributed by atoms with Crippen molar-refractivity contribution >= 4 is 49.5 Å². The molecule has 0 amide bonds. The number of pyridine rings is 1. The maximum atomic E-state index is 14.0. The van der Waals surface area contributed by atoms with E-state index in [9.17, 15) is 13.2 Å². The molecule has 3 aromatic carbocycles. The fourth-order valence-electron chi connectivity index (χ4n) is 4.62. The Bertz CT molecular complexity index is 1840. The van der Waals surface area contributed by atoms with E-state index in [4.69, 9.17) is 20.9 Å². The van der Waals surface area contributed by atoms with Crippen LogP contribution in [0.15, 0.2) is 83.9 Å². The third-order valence-corrected chi connectivity index (χ3v) is 8.62. The minimum atomic E-state index is -4.20. The minimum absolute atomic E-state index is 0.00731. The van der Waals surface area contributed by atoms with Crippen molar-refractivity contribution in [1.29, 1.82) is 5.41 Å². The predicted molar refractivity (Wildman–Crippen MR) is 154 cm³/mol. The average molecular weight is 557 g/mol. The van der Waals surface area contributed by atoms with E-state index in [1.807, 2.05) is 35.9 Å². The van der Waals surface area contributed by atoms with E-state index < -0.39 is 22.5 Å². The summed E-state index contributed by atoms with van der Waals surface area (Å²) in [6, 6.07) is 21.1. The Morgan fingerprint density at radius 1 is 1.05 bits per heavy atom. The monoisotopic (exact) mass is 556 g/mol. The second-order valence-electron chi connectivity index (χ2n) is 9.29. The lowest BCUT2D eigenvalue weighted by Crippen LogP contribution is -2.36. The number of nitrogen functional groups attached to an aromatic ring is 1. The standard InChI is InChI=1S/C29H28N6O4S/c1-34-24-14-13-22(17-23(24)33-26(34)15-10-19-8-11-21(12-9-19)29(30)31)35(18-27(36)39-2)40(37,38)25-7-3-5-20-6-4-16-32-28(20)25/h3-9,11-14,16-17H,10,15,18H2,1-2H3,(H3,30,31). The van der Waals surface area contributed by atoms with Gasteiger partial charge in [0.1, 0.15) is 23.1 Å². The second-order valence-corrected chi connectivity index (χ2v) is 11.1. The number of aromatic nitrogens is 3. The number of sulfonamides is 1. The Labute approximate surface area is 231 Å². The number of fused-ring (bicyclic) bond motifs is 2. The van der Waals surface area contributed by atoms with Gasteiger partial charge in [0.25, 0.3) is 10.0 Å². The number of anilines is 1. The highest BCUT2D eigenvalue weighted by Gasteiger charge is 2.30. The van der Waals surface area contributed by atoms with Crippen LogP contribution >= 0.6 is 0 Å². The van der Waals surface area contributed by atoms with E-state index >= 15 is 0 Å². The molecule has 2 aromatic heterocycles. The molecular formula is C29H28N6O4S. The summed E-state index contributed by atoms with van der Waals surface area (Å²) in [5, 5.41) is 8.21. The molecule has 0 aliphatic carbocycles. The second kappa shape index (κ2) is 10.8. The van der Waals surface area contributed by atoms with Crippen LogP contribution in [0.5, 0.6) is 0 Å². The molecule has 5 rings (SSSR count). The van der Waals surface area contributed by atoms with Crippen molar-refractivity contribution in [3.8, 4) is 0 Å². The van der Waals surface area contributed by atoms with E-state index in [0.29, 0.717) is 28.4 Å². The molecule has 0 spiro atoms. The molecular weight excluding hydrogens is 528 g/mol. The first kappa shape index (κ1) is 26.8. The Morgan fingerprint density at radius 3 is 2.52 bits per heavy atom. The lowest BCUT2D eigenvalue weighted by atomic mass is 10.1.